The van der Waals surface area contributed by atoms with E-state index < -0.39 is 0 Å². The van der Waals surface area contributed by atoms with Gasteiger partial charge in [-0.2, -0.15) is 0 Å². The molecule has 2 amide bonds. The minimum atomic E-state index is -0.223. The van der Waals surface area contributed by atoms with E-state index in [1.54, 1.807) is 12.4 Å². The number of morpholine rings is 1. The Bertz CT molecular complexity index is 1190. The van der Waals surface area contributed by atoms with Crippen LogP contribution >= 0.6 is 0 Å². The molecule has 1 aromatic carbocycles. The average Bonchev–Trinajstić information content (AvgIpc) is 2.89. The highest BCUT2D eigenvalue weighted by Gasteiger charge is 2.27. The van der Waals surface area contributed by atoms with Gasteiger partial charge in [0.2, 0.25) is 0 Å². The van der Waals surface area contributed by atoms with E-state index in [2.05, 4.69) is 30.4 Å². The SMILES string of the molecule is CCNC(=O)Nc1ccc(-c2nc3c(c(N4CCOCC4)n2)CCN(c2nccnc2C)C3)cc1. The van der Waals surface area contributed by atoms with Crippen molar-refractivity contribution in [1.29, 1.82) is 0 Å². The van der Waals surface area contributed by atoms with Crippen molar-refractivity contribution < 1.29 is 9.53 Å². The first-order chi connectivity index (χ1) is 17.1. The molecule has 0 bridgehead atoms. The van der Waals surface area contributed by atoms with Crippen LogP contribution in [0.5, 0.6) is 0 Å². The van der Waals surface area contributed by atoms with Crippen molar-refractivity contribution in [2.75, 3.05) is 54.5 Å². The summed E-state index contributed by atoms with van der Waals surface area (Å²) in [4.78, 5) is 35.4. The molecule has 2 aliphatic heterocycles. The van der Waals surface area contributed by atoms with E-state index in [1.807, 2.05) is 38.1 Å². The summed E-state index contributed by atoms with van der Waals surface area (Å²) >= 11 is 0. The summed E-state index contributed by atoms with van der Waals surface area (Å²) in [7, 11) is 0. The average molecular weight is 475 g/mol. The molecule has 0 spiro atoms. The quantitative estimate of drug-likeness (QED) is 0.581. The number of ether oxygens (including phenoxy) is 1. The predicted octanol–water partition coefficient (Wildman–Crippen LogP) is 2.78. The molecule has 0 unspecified atom stereocenters. The number of benzene rings is 1. The number of rotatable bonds is 5. The maximum absolute atomic E-state index is 11.8. The van der Waals surface area contributed by atoms with Crippen LogP contribution < -0.4 is 20.4 Å². The molecule has 2 aromatic heterocycles. The number of fused-ring (bicyclic) bond motifs is 1. The lowest BCUT2D eigenvalue weighted by Crippen LogP contribution is -2.40. The number of anilines is 3. The molecule has 5 rings (SSSR count). The van der Waals surface area contributed by atoms with Crippen molar-refractivity contribution in [3.8, 4) is 11.4 Å². The summed E-state index contributed by atoms with van der Waals surface area (Å²) in [5, 5.41) is 5.57. The Labute approximate surface area is 204 Å². The second-order valence-electron chi connectivity index (χ2n) is 8.59. The first kappa shape index (κ1) is 23.0. The van der Waals surface area contributed by atoms with Gasteiger partial charge in [0.15, 0.2) is 5.82 Å². The smallest absolute Gasteiger partial charge is 0.319 e. The molecule has 2 aliphatic rings. The van der Waals surface area contributed by atoms with Gasteiger partial charge in [-0.05, 0) is 44.5 Å². The third-order valence-corrected chi connectivity index (χ3v) is 6.25. The molecule has 2 N–H and O–H groups in total. The number of nitrogens with one attached hydrogen (secondary N) is 2. The van der Waals surface area contributed by atoms with Gasteiger partial charge < -0.3 is 25.2 Å². The number of urea groups is 1. The maximum atomic E-state index is 11.8. The highest BCUT2D eigenvalue weighted by Crippen LogP contribution is 2.32. The molecule has 1 saturated heterocycles. The fourth-order valence-corrected chi connectivity index (χ4v) is 4.51. The Balaban J connectivity index is 1.48. The third-order valence-electron chi connectivity index (χ3n) is 6.25. The van der Waals surface area contributed by atoms with Crippen LogP contribution in [0.15, 0.2) is 36.7 Å². The minimum Gasteiger partial charge on any atom is -0.378 e. The molecule has 4 heterocycles. The second-order valence-corrected chi connectivity index (χ2v) is 8.59. The molecule has 0 saturated carbocycles. The molecular formula is C25H30N8O2. The van der Waals surface area contributed by atoms with Crippen LogP contribution in [0, 0.1) is 6.92 Å². The van der Waals surface area contributed by atoms with Gasteiger partial charge in [0.1, 0.15) is 11.6 Å². The molecular weight excluding hydrogens is 444 g/mol. The molecule has 10 heteroatoms. The summed E-state index contributed by atoms with van der Waals surface area (Å²) in [6, 6.07) is 7.41. The second kappa shape index (κ2) is 10.2. The molecule has 3 aromatic rings. The summed E-state index contributed by atoms with van der Waals surface area (Å²) in [5.74, 6) is 2.56. The lowest BCUT2D eigenvalue weighted by atomic mass is 10.0. The van der Waals surface area contributed by atoms with Crippen LogP contribution in [0.4, 0.5) is 22.1 Å². The van der Waals surface area contributed by atoms with Crippen molar-refractivity contribution in [3.05, 3.63) is 53.6 Å². The van der Waals surface area contributed by atoms with Crippen molar-refractivity contribution in [2.24, 2.45) is 0 Å². The standard InChI is InChI=1S/C25H30N8O2/c1-3-26-25(34)29-19-6-4-18(5-7-19)22-30-21-16-33(23-17(2)27-9-10-28-23)11-8-20(21)24(31-22)32-12-14-35-15-13-32/h4-7,9-10H,3,8,11-16H2,1-2H3,(H2,26,29,34). The van der Waals surface area contributed by atoms with Gasteiger partial charge in [-0.1, -0.05) is 0 Å². The normalized spacial score (nSPS) is 15.5. The van der Waals surface area contributed by atoms with Crippen LogP contribution in [0.3, 0.4) is 0 Å². The molecule has 182 valence electrons. The maximum Gasteiger partial charge on any atom is 0.319 e. The molecule has 0 aliphatic carbocycles. The number of aryl methyl sites for hydroxylation is 1. The van der Waals surface area contributed by atoms with Gasteiger partial charge in [-0.25, -0.2) is 19.7 Å². The van der Waals surface area contributed by atoms with Crippen LogP contribution in [0.25, 0.3) is 11.4 Å². The summed E-state index contributed by atoms with van der Waals surface area (Å²) < 4.78 is 5.58. The zero-order valence-corrected chi connectivity index (χ0v) is 20.1. The van der Waals surface area contributed by atoms with Gasteiger partial charge in [-0.3, -0.25) is 4.98 Å². The van der Waals surface area contributed by atoms with E-state index in [4.69, 9.17) is 14.7 Å². The van der Waals surface area contributed by atoms with Crippen molar-refractivity contribution in [1.82, 2.24) is 25.3 Å². The Morgan fingerprint density at radius 3 is 2.51 bits per heavy atom. The molecule has 0 atom stereocenters. The number of aromatic nitrogens is 4. The zero-order valence-electron chi connectivity index (χ0n) is 20.1. The van der Waals surface area contributed by atoms with E-state index in [9.17, 15) is 4.79 Å². The van der Waals surface area contributed by atoms with Crippen LogP contribution in [0.2, 0.25) is 0 Å². The van der Waals surface area contributed by atoms with Crippen LogP contribution in [-0.2, 0) is 17.7 Å². The topological polar surface area (TPSA) is 108 Å². The van der Waals surface area contributed by atoms with Crippen LogP contribution in [-0.4, -0.2) is 65.4 Å². The van der Waals surface area contributed by atoms with E-state index in [0.717, 1.165) is 60.3 Å². The zero-order chi connectivity index (χ0) is 24.2. The Kier molecular flexibility index (Phi) is 6.71. The van der Waals surface area contributed by atoms with Crippen molar-refractivity contribution in [2.45, 2.75) is 26.8 Å². The molecule has 35 heavy (non-hydrogen) atoms. The largest absolute Gasteiger partial charge is 0.378 e. The monoisotopic (exact) mass is 474 g/mol. The number of carbonyl (C=O) groups excluding carboxylic acids is 1. The fraction of sp³-hybridized carbons (Fsp3) is 0.400. The number of hydrogen-bond acceptors (Lipinski definition) is 8. The summed E-state index contributed by atoms with van der Waals surface area (Å²) in [5.41, 5.74) is 4.74. The van der Waals surface area contributed by atoms with Gasteiger partial charge in [-0.15, -0.1) is 0 Å². The Morgan fingerprint density at radius 2 is 1.77 bits per heavy atom. The fourth-order valence-electron chi connectivity index (χ4n) is 4.51. The van der Waals surface area contributed by atoms with E-state index >= 15 is 0 Å². The summed E-state index contributed by atoms with van der Waals surface area (Å²) in [6.07, 6.45) is 4.30. The van der Waals surface area contributed by atoms with Crippen molar-refractivity contribution >= 4 is 23.4 Å². The van der Waals surface area contributed by atoms with Gasteiger partial charge >= 0.3 is 6.03 Å². The Morgan fingerprint density at radius 1 is 1.00 bits per heavy atom. The van der Waals surface area contributed by atoms with E-state index in [-0.39, 0.29) is 6.03 Å². The van der Waals surface area contributed by atoms with Gasteiger partial charge in [0.25, 0.3) is 0 Å². The first-order valence-corrected chi connectivity index (χ1v) is 12.0. The van der Waals surface area contributed by atoms with E-state index in [0.29, 0.717) is 32.1 Å². The number of nitrogens with zero attached hydrogens (tertiary/aromatic N) is 6. The number of amides is 2. The first-order valence-electron chi connectivity index (χ1n) is 12.0. The minimum absolute atomic E-state index is 0.223. The van der Waals surface area contributed by atoms with Crippen LogP contribution in [0.1, 0.15) is 23.9 Å². The number of hydrogen-bond donors (Lipinski definition) is 2. The highest BCUT2D eigenvalue weighted by molar-refractivity contribution is 5.89. The molecule has 0 radical (unpaired) electrons. The third kappa shape index (κ3) is 5.02. The predicted molar refractivity (Wildman–Crippen MR) is 135 cm³/mol. The van der Waals surface area contributed by atoms with Gasteiger partial charge in [0.05, 0.1) is 31.1 Å². The lowest BCUT2D eigenvalue weighted by Gasteiger charge is -2.34. The van der Waals surface area contributed by atoms with Gasteiger partial charge in [0, 0.05) is 55.4 Å². The number of carbonyl (C=O) groups is 1. The molecule has 1 fully saturated rings. The van der Waals surface area contributed by atoms with Crippen molar-refractivity contribution in [3.63, 3.8) is 0 Å². The lowest BCUT2D eigenvalue weighted by molar-refractivity contribution is 0.122. The highest BCUT2D eigenvalue weighted by atomic mass is 16.5. The Hall–Kier alpha value is -3.79. The van der Waals surface area contributed by atoms with E-state index in [1.165, 1.54) is 5.56 Å². The molecule has 10 nitrogen and oxygen atoms in total. The summed E-state index contributed by atoms with van der Waals surface area (Å²) in [6.45, 7) is 8.94.